The number of carbonyl (C=O) groups excluding carboxylic acids is 1. The molecule has 0 bridgehead atoms. The zero-order valence-electron chi connectivity index (χ0n) is 14.5. The zero-order valence-corrected chi connectivity index (χ0v) is 16.1. The Balaban J connectivity index is 1.80. The van der Waals surface area contributed by atoms with Gasteiger partial charge in [0.05, 0.1) is 7.11 Å². The van der Waals surface area contributed by atoms with Gasteiger partial charge in [-0.2, -0.15) is 0 Å². The summed E-state index contributed by atoms with van der Waals surface area (Å²) in [5.74, 6) is 0.759. The van der Waals surface area contributed by atoms with Crippen LogP contribution < -0.4 is 4.74 Å². The van der Waals surface area contributed by atoms with Crippen LogP contribution in [0.15, 0.2) is 34.3 Å². The Hall–Kier alpha value is -1.29. The normalized spacial score (nSPS) is 15.6. The minimum absolute atomic E-state index is 0.145. The number of hydrogen-bond acceptors (Lipinski definition) is 3. The fourth-order valence-corrected chi connectivity index (χ4v) is 3.49. The number of benzene rings is 1. The van der Waals surface area contributed by atoms with Crippen molar-refractivity contribution in [3.05, 3.63) is 39.9 Å². The molecule has 2 rings (SSSR count). The van der Waals surface area contributed by atoms with E-state index >= 15 is 0 Å². The van der Waals surface area contributed by atoms with E-state index in [-0.39, 0.29) is 5.97 Å². The molecule has 0 heterocycles. The number of ether oxygens (including phenoxy) is 2. The first-order chi connectivity index (χ1) is 11.7. The number of carbonyl (C=O) groups is 1. The number of rotatable bonds is 7. The van der Waals surface area contributed by atoms with Crippen LogP contribution in [0, 0.1) is 0 Å². The van der Waals surface area contributed by atoms with Crippen molar-refractivity contribution >= 4 is 21.9 Å². The smallest absolute Gasteiger partial charge is 0.305 e. The summed E-state index contributed by atoms with van der Waals surface area (Å²) in [4.78, 5) is 11.1. The van der Waals surface area contributed by atoms with Gasteiger partial charge in [0.15, 0.2) is 0 Å². The average Bonchev–Trinajstić information content (AvgIpc) is 2.59. The van der Waals surface area contributed by atoms with Crippen molar-refractivity contribution in [1.29, 1.82) is 0 Å². The fourth-order valence-electron chi connectivity index (χ4n) is 2.90. The van der Waals surface area contributed by atoms with Crippen LogP contribution in [0.1, 0.15) is 56.9 Å². The van der Waals surface area contributed by atoms with E-state index in [4.69, 9.17) is 4.74 Å². The maximum atomic E-state index is 11.1. The number of allylic oxidation sites excluding steroid dienone is 1. The topological polar surface area (TPSA) is 35.5 Å². The van der Waals surface area contributed by atoms with Gasteiger partial charge in [0.2, 0.25) is 0 Å². The van der Waals surface area contributed by atoms with Crippen molar-refractivity contribution in [1.82, 2.24) is 0 Å². The second kappa shape index (κ2) is 10.5. The maximum Gasteiger partial charge on any atom is 0.305 e. The van der Waals surface area contributed by atoms with Crippen molar-refractivity contribution in [2.75, 3.05) is 13.7 Å². The molecule has 0 amide bonds. The van der Waals surface area contributed by atoms with Gasteiger partial charge in [0.1, 0.15) is 12.4 Å². The third kappa shape index (κ3) is 6.68. The highest BCUT2D eigenvalue weighted by atomic mass is 79.9. The van der Waals surface area contributed by atoms with Gasteiger partial charge in [-0.25, -0.2) is 0 Å². The van der Waals surface area contributed by atoms with E-state index in [0.29, 0.717) is 13.0 Å². The lowest BCUT2D eigenvalue weighted by atomic mass is 10.0. The summed E-state index contributed by atoms with van der Waals surface area (Å²) in [5, 5.41) is 0. The molecule has 0 spiro atoms. The largest absolute Gasteiger partial charge is 0.489 e. The molecule has 0 unspecified atom stereocenters. The van der Waals surface area contributed by atoms with Crippen LogP contribution in [0.2, 0.25) is 0 Å². The SMILES string of the molecule is COC(=O)CCCc1ccc(OCC2=C(Br)CCCCCC2)cc1. The van der Waals surface area contributed by atoms with Gasteiger partial charge in [-0.15, -0.1) is 0 Å². The van der Waals surface area contributed by atoms with E-state index in [2.05, 4.69) is 32.8 Å². The summed E-state index contributed by atoms with van der Waals surface area (Å²) in [6, 6.07) is 8.19. The lowest BCUT2D eigenvalue weighted by Gasteiger charge is -2.15. The summed E-state index contributed by atoms with van der Waals surface area (Å²) >= 11 is 3.73. The Bertz CT molecular complexity index is 549. The van der Waals surface area contributed by atoms with Crippen molar-refractivity contribution in [2.24, 2.45) is 0 Å². The first-order valence-corrected chi connectivity index (χ1v) is 9.63. The minimum Gasteiger partial charge on any atom is -0.489 e. The molecule has 0 aliphatic heterocycles. The molecule has 1 aliphatic carbocycles. The van der Waals surface area contributed by atoms with Gasteiger partial charge in [0.25, 0.3) is 0 Å². The number of methoxy groups -OCH3 is 1. The van der Waals surface area contributed by atoms with Crippen LogP contribution in [0.4, 0.5) is 0 Å². The molecule has 1 aliphatic rings. The maximum absolute atomic E-state index is 11.1. The van der Waals surface area contributed by atoms with E-state index in [1.807, 2.05) is 12.1 Å². The monoisotopic (exact) mass is 394 g/mol. The molecule has 0 aromatic heterocycles. The first kappa shape index (κ1) is 19.0. The summed E-state index contributed by atoms with van der Waals surface area (Å²) < 4.78 is 12.0. The number of esters is 1. The summed E-state index contributed by atoms with van der Waals surface area (Å²) in [6.45, 7) is 0.669. The fraction of sp³-hybridized carbons (Fsp3) is 0.550. The lowest BCUT2D eigenvalue weighted by Crippen LogP contribution is -2.05. The van der Waals surface area contributed by atoms with E-state index in [0.717, 1.165) is 31.4 Å². The highest BCUT2D eigenvalue weighted by Crippen LogP contribution is 2.27. The second-order valence-electron chi connectivity index (χ2n) is 6.28. The molecule has 24 heavy (non-hydrogen) atoms. The van der Waals surface area contributed by atoms with Crippen LogP contribution in [-0.2, 0) is 16.0 Å². The van der Waals surface area contributed by atoms with Gasteiger partial charge >= 0.3 is 5.97 Å². The van der Waals surface area contributed by atoms with Gasteiger partial charge in [0, 0.05) is 6.42 Å². The third-order valence-corrected chi connectivity index (χ3v) is 5.38. The quantitative estimate of drug-likeness (QED) is 0.567. The van der Waals surface area contributed by atoms with Crippen LogP contribution in [0.25, 0.3) is 0 Å². The molecule has 0 atom stereocenters. The lowest BCUT2D eigenvalue weighted by molar-refractivity contribution is -0.140. The molecule has 0 saturated carbocycles. The van der Waals surface area contributed by atoms with Gasteiger partial charge in [-0.3, -0.25) is 4.79 Å². The standard InChI is InChI=1S/C20H27BrO3/c1-23-20(22)10-6-7-16-11-13-18(14-12-16)24-15-17-8-4-2-3-5-9-19(17)21/h11-14H,2-10,15H2,1H3. The molecule has 132 valence electrons. The van der Waals surface area contributed by atoms with E-state index in [1.165, 1.54) is 48.4 Å². The molecule has 1 aromatic carbocycles. The molecule has 4 heteroatoms. The van der Waals surface area contributed by atoms with Gasteiger partial charge < -0.3 is 9.47 Å². The zero-order chi connectivity index (χ0) is 17.2. The average molecular weight is 395 g/mol. The van der Waals surface area contributed by atoms with Gasteiger partial charge in [-0.05, 0) is 66.3 Å². The summed E-state index contributed by atoms with van der Waals surface area (Å²) in [7, 11) is 1.43. The Kier molecular flexibility index (Phi) is 8.37. The van der Waals surface area contributed by atoms with E-state index in [1.54, 1.807) is 0 Å². The predicted octanol–water partition coefficient (Wildman–Crippen LogP) is 5.56. The highest BCUT2D eigenvalue weighted by Gasteiger charge is 2.09. The highest BCUT2D eigenvalue weighted by molar-refractivity contribution is 9.11. The minimum atomic E-state index is -0.145. The first-order valence-electron chi connectivity index (χ1n) is 8.84. The predicted molar refractivity (Wildman–Crippen MR) is 101 cm³/mol. The summed E-state index contributed by atoms with van der Waals surface area (Å²) in [5.41, 5.74) is 2.62. The molecule has 0 fully saturated rings. The summed E-state index contributed by atoms with van der Waals surface area (Å²) in [6.07, 6.45) is 9.61. The van der Waals surface area contributed by atoms with E-state index < -0.39 is 0 Å². The molecule has 0 saturated heterocycles. The van der Waals surface area contributed by atoms with Crippen molar-refractivity contribution < 1.29 is 14.3 Å². The second-order valence-corrected chi connectivity index (χ2v) is 7.24. The molecule has 0 radical (unpaired) electrons. The molecule has 0 N–H and O–H groups in total. The number of halogens is 1. The molecular formula is C20H27BrO3. The van der Waals surface area contributed by atoms with Gasteiger partial charge in [-0.1, -0.05) is 40.9 Å². The number of aryl methyl sites for hydroxylation is 1. The van der Waals surface area contributed by atoms with Crippen LogP contribution >= 0.6 is 15.9 Å². The Morgan fingerprint density at radius 3 is 2.50 bits per heavy atom. The van der Waals surface area contributed by atoms with E-state index in [9.17, 15) is 4.79 Å². The van der Waals surface area contributed by atoms with Crippen molar-refractivity contribution in [3.63, 3.8) is 0 Å². The van der Waals surface area contributed by atoms with Crippen molar-refractivity contribution in [3.8, 4) is 5.75 Å². The third-order valence-electron chi connectivity index (χ3n) is 4.42. The van der Waals surface area contributed by atoms with Crippen molar-refractivity contribution in [2.45, 2.75) is 57.8 Å². The number of hydrogen-bond donors (Lipinski definition) is 0. The Morgan fingerprint density at radius 1 is 1.08 bits per heavy atom. The molecular weight excluding hydrogens is 368 g/mol. The Labute approximate surface area is 153 Å². The molecule has 1 aromatic rings. The van der Waals surface area contributed by atoms with Crippen LogP contribution in [0.3, 0.4) is 0 Å². The van der Waals surface area contributed by atoms with Crippen LogP contribution in [-0.4, -0.2) is 19.7 Å². The Morgan fingerprint density at radius 2 is 1.79 bits per heavy atom. The van der Waals surface area contributed by atoms with Crippen LogP contribution in [0.5, 0.6) is 5.75 Å². The molecule has 3 nitrogen and oxygen atoms in total.